The van der Waals surface area contributed by atoms with Crippen LogP contribution in [0.2, 0.25) is 0 Å². The van der Waals surface area contributed by atoms with E-state index in [1.807, 2.05) is 13.8 Å². The van der Waals surface area contributed by atoms with Gasteiger partial charge in [-0.1, -0.05) is 6.92 Å². The molecule has 1 aliphatic heterocycles. The highest BCUT2D eigenvalue weighted by atomic mass is 16.4. The maximum Gasteiger partial charge on any atom is 0.326 e. The third kappa shape index (κ3) is 4.42. The average Bonchev–Trinajstić information content (AvgIpc) is 2.30. The van der Waals surface area contributed by atoms with Crippen molar-refractivity contribution in [3.63, 3.8) is 0 Å². The molecule has 7 nitrogen and oxygen atoms in total. The highest BCUT2D eigenvalue weighted by Gasteiger charge is 2.30. The lowest BCUT2D eigenvalue weighted by Gasteiger charge is -2.37. The normalized spacial score (nSPS) is 24.6. The molecule has 0 aromatic heterocycles. The van der Waals surface area contributed by atoms with Crippen LogP contribution in [-0.4, -0.2) is 51.7 Å². The zero-order chi connectivity index (χ0) is 14.6. The number of hydrogen-bond acceptors (Lipinski definition) is 3. The molecule has 108 valence electrons. The van der Waals surface area contributed by atoms with Crippen LogP contribution in [0.3, 0.4) is 0 Å². The molecule has 0 saturated carbocycles. The quantitative estimate of drug-likeness (QED) is 0.700. The lowest BCUT2D eigenvalue weighted by atomic mass is 9.95. The number of amides is 2. The Labute approximate surface area is 111 Å². The molecule has 0 spiro atoms. The predicted octanol–water partition coefficient (Wildman–Crippen LogP) is 0.744. The Bertz CT molecular complexity index is 371. The van der Waals surface area contributed by atoms with Crippen molar-refractivity contribution < 1.29 is 24.6 Å². The van der Waals surface area contributed by atoms with Gasteiger partial charge in [0, 0.05) is 12.6 Å². The molecule has 1 rings (SSSR count). The second-order valence-corrected chi connectivity index (χ2v) is 5.12. The van der Waals surface area contributed by atoms with E-state index < -0.39 is 30.4 Å². The number of nitrogens with one attached hydrogen (secondary N) is 1. The third-order valence-electron chi connectivity index (χ3n) is 3.35. The highest BCUT2D eigenvalue weighted by Crippen LogP contribution is 2.21. The summed E-state index contributed by atoms with van der Waals surface area (Å²) in [4.78, 5) is 35.0. The number of carbonyl (C=O) groups is 3. The van der Waals surface area contributed by atoms with Gasteiger partial charge in [-0.15, -0.1) is 0 Å². The number of nitrogens with zero attached hydrogens (tertiary/aromatic N) is 1. The molecule has 1 saturated heterocycles. The SMILES string of the molecule is CC1CCC(C)N(C(=O)N[C@@H](CC(=O)O)C(=O)O)C1. The maximum absolute atomic E-state index is 12.0. The van der Waals surface area contributed by atoms with Crippen molar-refractivity contribution in [1.82, 2.24) is 10.2 Å². The van der Waals surface area contributed by atoms with Gasteiger partial charge >= 0.3 is 18.0 Å². The molecule has 3 atom stereocenters. The Balaban J connectivity index is 2.65. The Hall–Kier alpha value is -1.79. The number of piperidine rings is 1. The van der Waals surface area contributed by atoms with Crippen LogP contribution in [-0.2, 0) is 9.59 Å². The summed E-state index contributed by atoms with van der Waals surface area (Å²) in [6, 6.07) is -1.86. The van der Waals surface area contributed by atoms with Crippen molar-refractivity contribution in [2.24, 2.45) is 5.92 Å². The fourth-order valence-electron chi connectivity index (χ4n) is 2.18. The minimum atomic E-state index is -1.39. The molecule has 0 aromatic carbocycles. The molecular formula is C12H20N2O5. The number of rotatable bonds is 4. The van der Waals surface area contributed by atoms with Crippen molar-refractivity contribution in [1.29, 1.82) is 0 Å². The Morgan fingerprint density at radius 2 is 1.89 bits per heavy atom. The fraction of sp³-hybridized carbons (Fsp3) is 0.750. The van der Waals surface area contributed by atoms with Crippen LogP contribution in [0, 0.1) is 5.92 Å². The van der Waals surface area contributed by atoms with Crippen molar-refractivity contribution in [3.8, 4) is 0 Å². The molecule has 1 aliphatic rings. The van der Waals surface area contributed by atoms with Gasteiger partial charge in [-0.2, -0.15) is 0 Å². The van der Waals surface area contributed by atoms with E-state index in [0.717, 1.165) is 12.8 Å². The summed E-state index contributed by atoms with van der Waals surface area (Å²) >= 11 is 0. The first-order valence-corrected chi connectivity index (χ1v) is 6.33. The van der Waals surface area contributed by atoms with E-state index in [4.69, 9.17) is 10.2 Å². The number of hydrogen-bond donors (Lipinski definition) is 3. The van der Waals surface area contributed by atoms with Gasteiger partial charge in [-0.3, -0.25) is 4.79 Å². The highest BCUT2D eigenvalue weighted by molar-refractivity contribution is 5.86. The Kier molecular flexibility index (Phi) is 5.14. The van der Waals surface area contributed by atoms with Gasteiger partial charge in [0.25, 0.3) is 0 Å². The largest absolute Gasteiger partial charge is 0.481 e. The van der Waals surface area contributed by atoms with Gasteiger partial charge in [0.2, 0.25) is 0 Å². The first-order valence-electron chi connectivity index (χ1n) is 6.33. The monoisotopic (exact) mass is 272 g/mol. The standard InChI is InChI=1S/C12H20N2O5/c1-7-3-4-8(2)14(6-7)12(19)13-9(11(17)18)5-10(15)16/h7-9H,3-6H2,1-2H3,(H,13,19)(H,15,16)(H,17,18)/t7?,8?,9-/m0/s1. The first-order chi connectivity index (χ1) is 8.81. The van der Waals surface area contributed by atoms with E-state index >= 15 is 0 Å². The van der Waals surface area contributed by atoms with Gasteiger partial charge in [-0.25, -0.2) is 9.59 Å². The van der Waals surface area contributed by atoms with Crippen LogP contribution < -0.4 is 5.32 Å². The summed E-state index contributed by atoms with van der Waals surface area (Å²) in [6.45, 7) is 4.49. The van der Waals surface area contributed by atoms with E-state index in [2.05, 4.69) is 5.32 Å². The second-order valence-electron chi connectivity index (χ2n) is 5.12. The molecular weight excluding hydrogens is 252 g/mol. The minimum absolute atomic E-state index is 0.0375. The molecule has 0 radical (unpaired) electrons. The number of carbonyl (C=O) groups excluding carboxylic acids is 1. The summed E-state index contributed by atoms with van der Waals surface area (Å²) in [6.07, 6.45) is 1.27. The molecule has 1 heterocycles. The van der Waals surface area contributed by atoms with Crippen LogP contribution in [0.25, 0.3) is 0 Å². The fourth-order valence-corrected chi connectivity index (χ4v) is 2.18. The smallest absolute Gasteiger partial charge is 0.326 e. The number of urea groups is 1. The molecule has 0 bridgehead atoms. The lowest BCUT2D eigenvalue weighted by molar-refractivity contribution is -0.145. The van der Waals surface area contributed by atoms with Gasteiger partial charge in [0.15, 0.2) is 0 Å². The van der Waals surface area contributed by atoms with Crippen LogP contribution >= 0.6 is 0 Å². The number of carboxylic acid groups (broad SMARTS) is 2. The van der Waals surface area contributed by atoms with Gasteiger partial charge < -0.3 is 20.4 Å². The first kappa shape index (κ1) is 15.3. The molecule has 2 unspecified atom stereocenters. The average molecular weight is 272 g/mol. The summed E-state index contributed by atoms with van der Waals surface area (Å²) < 4.78 is 0. The predicted molar refractivity (Wildman–Crippen MR) is 66.8 cm³/mol. The van der Waals surface area contributed by atoms with E-state index in [1.54, 1.807) is 4.90 Å². The molecule has 1 fully saturated rings. The topological polar surface area (TPSA) is 107 Å². The molecule has 0 aliphatic carbocycles. The van der Waals surface area contributed by atoms with Crippen LogP contribution in [0.5, 0.6) is 0 Å². The van der Waals surface area contributed by atoms with E-state index in [9.17, 15) is 14.4 Å². The van der Waals surface area contributed by atoms with Crippen LogP contribution in [0.4, 0.5) is 4.79 Å². The maximum atomic E-state index is 12.0. The summed E-state index contributed by atoms with van der Waals surface area (Å²) in [5.74, 6) is -2.23. The van der Waals surface area contributed by atoms with E-state index in [-0.39, 0.29) is 6.04 Å². The molecule has 2 amide bonds. The third-order valence-corrected chi connectivity index (χ3v) is 3.35. The summed E-state index contributed by atoms with van der Waals surface area (Å²) in [5, 5.41) is 19.8. The van der Waals surface area contributed by atoms with Crippen molar-refractivity contribution in [3.05, 3.63) is 0 Å². The zero-order valence-electron chi connectivity index (χ0n) is 11.1. The zero-order valence-corrected chi connectivity index (χ0v) is 11.1. The van der Waals surface area contributed by atoms with Crippen LogP contribution in [0.1, 0.15) is 33.1 Å². The molecule has 3 N–H and O–H groups in total. The number of likely N-dealkylation sites (tertiary alicyclic amines) is 1. The number of carboxylic acids is 2. The Morgan fingerprint density at radius 3 is 2.42 bits per heavy atom. The van der Waals surface area contributed by atoms with Crippen LogP contribution in [0.15, 0.2) is 0 Å². The molecule has 19 heavy (non-hydrogen) atoms. The molecule has 7 heteroatoms. The van der Waals surface area contributed by atoms with Crippen molar-refractivity contribution in [2.45, 2.75) is 45.2 Å². The van der Waals surface area contributed by atoms with Crippen molar-refractivity contribution >= 4 is 18.0 Å². The van der Waals surface area contributed by atoms with E-state index in [0.29, 0.717) is 12.5 Å². The number of aliphatic carboxylic acids is 2. The second kappa shape index (κ2) is 6.40. The van der Waals surface area contributed by atoms with Gasteiger partial charge in [0.05, 0.1) is 6.42 Å². The summed E-state index contributed by atoms with van der Waals surface area (Å²) in [5.41, 5.74) is 0. The lowest BCUT2D eigenvalue weighted by Crippen LogP contribution is -2.53. The van der Waals surface area contributed by atoms with Gasteiger partial charge in [0.1, 0.15) is 6.04 Å². The Morgan fingerprint density at radius 1 is 1.26 bits per heavy atom. The summed E-state index contributed by atoms with van der Waals surface area (Å²) in [7, 11) is 0. The minimum Gasteiger partial charge on any atom is -0.481 e. The van der Waals surface area contributed by atoms with Crippen molar-refractivity contribution in [2.75, 3.05) is 6.54 Å². The van der Waals surface area contributed by atoms with E-state index in [1.165, 1.54) is 0 Å². The van der Waals surface area contributed by atoms with Gasteiger partial charge in [-0.05, 0) is 25.7 Å². The molecule has 0 aromatic rings.